The van der Waals surface area contributed by atoms with E-state index in [2.05, 4.69) is 5.32 Å². The lowest BCUT2D eigenvalue weighted by Crippen LogP contribution is -2.21. The standard InChI is InChI=1S/C12H17ClN2O2S/c1-2-3-6-18(17)8-12(16)15-11-5-4-9(14)7-10(11)13/h4-5,7H,2-3,6,8,14H2,1H3,(H,15,16). The van der Waals surface area contributed by atoms with E-state index in [1.54, 1.807) is 18.2 Å². The first-order chi connectivity index (χ1) is 8.52. The summed E-state index contributed by atoms with van der Waals surface area (Å²) in [5.41, 5.74) is 6.57. The number of benzene rings is 1. The van der Waals surface area contributed by atoms with Crippen molar-refractivity contribution in [2.24, 2.45) is 0 Å². The first-order valence-electron chi connectivity index (χ1n) is 5.72. The second kappa shape index (κ2) is 7.38. The summed E-state index contributed by atoms with van der Waals surface area (Å²) in [6, 6.07) is 4.84. The van der Waals surface area contributed by atoms with Gasteiger partial charge in [0.1, 0.15) is 5.75 Å². The van der Waals surface area contributed by atoms with Crippen LogP contribution in [0.5, 0.6) is 0 Å². The van der Waals surface area contributed by atoms with Crippen LogP contribution >= 0.6 is 11.6 Å². The Morgan fingerprint density at radius 3 is 2.83 bits per heavy atom. The highest BCUT2D eigenvalue weighted by molar-refractivity contribution is 7.85. The van der Waals surface area contributed by atoms with E-state index in [4.69, 9.17) is 17.3 Å². The van der Waals surface area contributed by atoms with Crippen molar-refractivity contribution >= 4 is 39.7 Å². The summed E-state index contributed by atoms with van der Waals surface area (Å²) in [7, 11) is -1.11. The number of carbonyl (C=O) groups excluding carboxylic acids is 1. The van der Waals surface area contributed by atoms with Gasteiger partial charge < -0.3 is 11.1 Å². The van der Waals surface area contributed by atoms with Gasteiger partial charge in [0.2, 0.25) is 5.91 Å². The zero-order chi connectivity index (χ0) is 13.5. The highest BCUT2D eigenvalue weighted by atomic mass is 35.5. The molecule has 4 nitrogen and oxygen atoms in total. The summed E-state index contributed by atoms with van der Waals surface area (Å²) in [5, 5.41) is 3.00. The molecule has 0 spiro atoms. The maximum Gasteiger partial charge on any atom is 0.237 e. The first-order valence-corrected chi connectivity index (χ1v) is 7.59. The average Bonchev–Trinajstić information content (AvgIpc) is 2.30. The largest absolute Gasteiger partial charge is 0.399 e. The Morgan fingerprint density at radius 1 is 1.50 bits per heavy atom. The van der Waals surface area contributed by atoms with Crippen molar-refractivity contribution in [1.82, 2.24) is 0 Å². The van der Waals surface area contributed by atoms with Gasteiger partial charge in [-0.3, -0.25) is 9.00 Å². The Hall–Kier alpha value is -1.07. The molecule has 0 fully saturated rings. The molecule has 1 rings (SSSR count). The lowest BCUT2D eigenvalue weighted by Gasteiger charge is -2.07. The quantitative estimate of drug-likeness (QED) is 0.790. The molecule has 0 radical (unpaired) electrons. The number of nitrogens with two attached hydrogens (primary N) is 1. The van der Waals surface area contributed by atoms with Gasteiger partial charge in [-0.1, -0.05) is 24.9 Å². The Morgan fingerprint density at radius 2 is 2.22 bits per heavy atom. The van der Waals surface area contributed by atoms with Crippen LogP contribution < -0.4 is 11.1 Å². The number of hydrogen-bond donors (Lipinski definition) is 2. The van der Waals surface area contributed by atoms with Crippen molar-refractivity contribution in [1.29, 1.82) is 0 Å². The van der Waals surface area contributed by atoms with Crippen LogP contribution in [0.4, 0.5) is 11.4 Å². The summed E-state index contributed by atoms with van der Waals surface area (Å²) in [6.45, 7) is 2.02. The van der Waals surface area contributed by atoms with Gasteiger partial charge in [0, 0.05) is 22.2 Å². The van der Waals surface area contributed by atoms with Crippen LogP contribution in [0.15, 0.2) is 18.2 Å². The molecule has 0 bridgehead atoms. The molecule has 0 aliphatic rings. The number of unbranched alkanes of at least 4 members (excludes halogenated alkanes) is 1. The molecule has 1 aromatic carbocycles. The van der Waals surface area contributed by atoms with Crippen molar-refractivity contribution < 1.29 is 9.00 Å². The van der Waals surface area contributed by atoms with Crippen LogP contribution in [0.2, 0.25) is 5.02 Å². The smallest absolute Gasteiger partial charge is 0.237 e. The van der Waals surface area contributed by atoms with Crippen molar-refractivity contribution in [3.63, 3.8) is 0 Å². The molecule has 0 heterocycles. The number of amides is 1. The number of nitrogens with one attached hydrogen (secondary N) is 1. The predicted octanol–water partition coefficient (Wildman–Crippen LogP) is 2.41. The second-order valence-corrected chi connectivity index (χ2v) is 5.91. The molecule has 0 aliphatic carbocycles. The van der Waals surface area contributed by atoms with Crippen molar-refractivity contribution in [3.05, 3.63) is 23.2 Å². The van der Waals surface area contributed by atoms with E-state index >= 15 is 0 Å². The fourth-order valence-electron chi connectivity index (χ4n) is 1.34. The van der Waals surface area contributed by atoms with E-state index < -0.39 is 10.8 Å². The predicted molar refractivity (Wildman–Crippen MR) is 77.3 cm³/mol. The van der Waals surface area contributed by atoms with Crippen LogP contribution in [0.3, 0.4) is 0 Å². The summed E-state index contributed by atoms with van der Waals surface area (Å²) < 4.78 is 11.5. The number of anilines is 2. The lowest BCUT2D eigenvalue weighted by molar-refractivity contribution is -0.113. The van der Waals surface area contributed by atoms with Gasteiger partial charge in [-0.2, -0.15) is 0 Å². The van der Waals surface area contributed by atoms with Crippen molar-refractivity contribution in [2.45, 2.75) is 19.8 Å². The zero-order valence-electron chi connectivity index (χ0n) is 10.2. The molecule has 100 valence electrons. The fraction of sp³-hybridized carbons (Fsp3) is 0.417. The molecular formula is C12H17ClN2O2S. The zero-order valence-corrected chi connectivity index (χ0v) is 11.8. The van der Waals surface area contributed by atoms with E-state index in [0.717, 1.165) is 12.8 Å². The van der Waals surface area contributed by atoms with Gasteiger partial charge in [-0.05, 0) is 24.6 Å². The van der Waals surface area contributed by atoms with Crippen LogP contribution in [-0.2, 0) is 15.6 Å². The minimum absolute atomic E-state index is 0.000700. The number of carbonyl (C=O) groups is 1. The highest BCUT2D eigenvalue weighted by Crippen LogP contribution is 2.23. The highest BCUT2D eigenvalue weighted by Gasteiger charge is 2.09. The Labute approximate surface area is 114 Å². The van der Waals surface area contributed by atoms with E-state index in [1.165, 1.54) is 0 Å². The first kappa shape index (κ1) is 15.0. The molecule has 18 heavy (non-hydrogen) atoms. The number of nitrogen functional groups attached to an aromatic ring is 1. The van der Waals surface area contributed by atoms with Gasteiger partial charge >= 0.3 is 0 Å². The van der Waals surface area contributed by atoms with E-state index in [0.29, 0.717) is 22.2 Å². The van der Waals surface area contributed by atoms with Crippen LogP contribution in [0.25, 0.3) is 0 Å². The van der Waals surface area contributed by atoms with Gasteiger partial charge in [0.15, 0.2) is 0 Å². The molecule has 0 aliphatic heterocycles. The van der Waals surface area contributed by atoms with Gasteiger partial charge in [-0.15, -0.1) is 0 Å². The van der Waals surface area contributed by atoms with E-state index in [1.807, 2.05) is 6.92 Å². The Kier molecular flexibility index (Phi) is 6.15. The van der Waals surface area contributed by atoms with Gasteiger partial charge in [0.25, 0.3) is 0 Å². The molecule has 1 atom stereocenters. The molecule has 0 saturated heterocycles. The molecule has 3 N–H and O–H groups in total. The number of rotatable bonds is 6. The minimum atomic E-state index is -1.11. The second-order valence-electron chi connectivity index (χ2n) is 3.93. The molecule has 0 aromatic heterocycles. The summed E-state index contributed by atoms with van der Waals surface area (Å²) in [4.78, 5) is 11.6. The average molecular weight is 289 g/mol. The topological polar surface area (TPSA) is 72.2 Å². The summed E-state index contributed by atoms with van der Waals surface area (Å²) >= 11 is 5.92. The molecular weight excluding hydrogens is 272 g/mol. The third kappa shape index (κ3) is 5.06. The van der Waals surface area contributed by atoms with Crippen LogP contribution in [0, 0.1) is 0 Å². The molecule has 6 heteroatoms. The maximum absolute atomic E-state index is 11.6. The number of hydrogen-bond acceptors (Lipinski definition) is 3. The minimum Gasteiger partial charge on any atom is -0.399 e. The van der Waals surface area contributed by atoms with E-state index in [9.17, 15) is 9.00 Å². The monoisotopic (exact) mass is 288 g/mol. The van der Waals surface area contributed by atoms with Gasteiger partial charge in [0.05, 0.1) is 10.7 Å². The molecule has 1 amide bonds. The third-order valence-corrected chi connectivity index (χ3v) is 3.93. The molecule has 1 unspecified atom stereocenters. The number of halogens is 1. The molecule has 0 saturated carbocycles. The summed E-state index contributed by atoms with van der Waals surface area (Å²) in [5.74, 6) is 0.260. The van der Waals surface area contributed by atoms with Gasteiger partial charge in [-0.25, -0.2) is 0 Å². The Bertz CT molecular complexity index is 452. The van der Waals surface area contributed by atoms with Crippen molar-refractivity contribution in [2.75, 3.05) is 22.6 Å². The van der Waals surface area contributed by atoms with Crippen molar-refractivity contribution in [3.8, 4) is 0 Å². The maximum atomic E-state index is 11.6. The summed E-state index contributed by atoms with van der Waals surface area (Å²) in [6.07, 6.45) is 1.83. The molecule has 1 aromatic rings. The lowest BCUT2D eigenvalue weighted by atomic mass is 10.3. The SMILES string of the molecule is CCCCS(=O)CC(=O)Nc1ccc(N)cc1Cl. The normalized spacial score (nSPS) is 12.1. The Balaban J connectivity index is 2.51. The third-order valence-electron chi connectivity index (χ3n) is 2.28. The fourth-order valence-corrected chi connectivity index (χ4v) is 2.70. The van der Waals surface area contributed by atoms with Crippen LogP contribution in [-0.4, -0.2) is 21.6 Å². The van der Waals surface area contributed by atoms with Crippen LogP contribution in [0.1, 0.15) is 19.8 Å². The van der Waals surface area contributed by atoms with E-state index in [-0.39, 0.29) is 11.7 Å².